The van der Waals surface area contributed by atoms with E-state index in [4.69, 9.17) is 10.2 Å². The summed E-state index contributed by atoms with van der Waals surface area (Å²) in [6.07, 6.45) is 0. The lowest BCUT2D eigenvalue weighted by Crippen LogP contribution is -2.53. The molecular formula is C4H12N2O4S. The molecular weight excluding hydrogens is 172 g/mol. The first-order valence-corrected chi connectivity index (χ1v) is 4.41. The van der Waals surface area contributed by atoms with Crippen molar-refractivity contribution >= 4 is 10.2 Å². The zero-order valence-corrected chi connectivity index (χ0v) is 6.93. The first kappa shape index (κ1) is 10.8. The molecule has 0 rings (SSSR count). The second-order valence-electron chi connectivity index (χ2n) is 2.52. The third-order valence-corrected chi connectivity index (χ3v) is 1.86. The second kappa shape index (κ2) is 3.46. The van der Waals surface area contributed by atoms with Crippen LogP contribution in [0.15, 0.2) is 0 Å². The van der Waals surface area contributed by atoms with Crippen LogP contribution in [0.3, 0.4) is 0 Å². The second-order valence-corrected chi connectivity index (χ2v) is 3.82. The van der Waals surface area contributed by atoms with Crippen molar-refractivity contribution in [3.05, 3.63) is 0 Å². The predicted octanol–water partition coefficient (Wildman–Crippen LogP) is -2.48. The zero-order chi connectivity index (χ0) is 9.12. The molecule has 0 fully saturated rings. The third kappa shape index (κ3) is 4.27. The molecule has 0 amide bonds. The molecule has 0 aliphatic heterocycles. The summed E-state index contributed by atoms with van der Waals surface area (Å²) in [5.41, 5.74) is -1.28. The van der Waals surface area contributed by atoms with Gasteiger partial charge in [-0.15, -0.1) is 0 Å². The van der Waals surface area contributed by atoms with Crippen LogP contribution in [0.4, 0.5) is 0 Å². The highest BCUT2D eigenvalue weighted by molar-refractivity contribution is 7.87. The van der Waals surface area contributed by atoms with Crippen molar-refractivity contribution in [2.75, 3.05) is 13.2 Å². The van der Waals surface area contributed by atoms with Gasteiger partial charge in [-0.3, -0.25) is 0 Å². The Hall–Kier alpha value is -0.210. The molecule has 0 aromatic rings. The van der Waals surface area contributed by atoms with Crippen LogP contribution < -0.4 is 9.86 Å². The Morgan fingerprint density at radius 1 is 1.45 bits per heavy atom. The van der Waals surface area contributed by atoms with E-state index in [1.807, 2.05) is 4.72 Å². The predicted molar refractivity (Wildman–Crippen MR) is 38.8 cm³/mol. The van der Waals surface area contributed by atoms with Gasteiger partial charge in [0.15, 0.2) is 0 Å². The lowest BCUT2D eigenvalue weighted by atomic mass is 10.1. The number of aliphatic hydroxyl groups excluding tert-OH is 2. The van der Waals surface area contributed by atoms with Crippen LogP contribution >= 0.6 is 0 Å². The third-order valence-electron chi connectivity index (χ3n) is 1.09. The molecule has 0 spiro atoms. The Bertz CT molecular complexity index is 208. The smallest absolute Gasteiger partial charge is 0.275 e. The summed E-state index contributed by atoms with van der Waals surface area (Å²) in [5, 5.41) is 21.8. The van der Waals surface area contributed by atoms with Crippen LogP contribution in [-0.2, 0) is 10.2 Å². The molecule has 0 aliphatic rings. The number of hydrogen-bond donors (Lipinski definition) is 4. The SMILES string of the molecule is CC(CO)(CO)NS(N)(=O)=O. The molecule has 0 heterocycles. The van der Waals surface area contributed by atoms with Gasteiger partial charge in [0.05, 0.1) is 18.8 Å². The number of aliphatic hydroxyl groups is 2. The largest absolute Gasteiger partial charge is 0.394 e. The molecule has 0 radical (unpaired) electrons. The first-order valence-electron chi connectivity index (χ1n) is 2.86. The van der Waals surface area contributed by atoms with Crippen molar-refractivity contribution < 1.29 is 18.6 Å². The summed E-state index contributed by atoms with van der Waals surface area (Å²) in [6.45, 7) is 0.303. The summed E-state index contributed by atoms with van der Waals surface area (Å²) in [6, 6.07) is 0. The summed E-state index contributed by atoms with van der Waals surface area (Å²) < 4.78 is 22.7. The maximum absolute atomic E-state index is 10.4. The molecule has 68 valence electrons. The van der Waals surface area contributed by atoms with E-state index in [2.05, 4.69) is 5.14 Å². The fraction of sp³-hybridized carbons (Fsp3) is 1.00. The molecule has 0 aliphatic carbocycles. The molecule has 0 aromatic heterocycles. The minimum absolute atomic E-state index is 0.514. The molecule has 6 nitrogen and oxygen atoms in total. The Labute approximate surface area is 65.2 Å². The van der Waals surface area contributed by atoms with Crippen LogP contribution in [0.5, 0.6) is 0 Å². The molecule has 0 aromatic carbocycles. The molecule has 0 atom stereocenters. The van der Waals surface area contributed by atoms with Gasteiger partial charge in [0, 0.05) is 0 Å². The van der Waals surface area contributed by atoms with Gasteiger partial charge in [-0.1, -0.05) is 0 Å². The van der Waals surface area contributed by atoms with E-state index in [-0.39, 0.29) is 0 Å². The van der Waals surface area contributed by atoms with E-state index >= 15 is 0 Å². The molecule has 0 bridgehead atoms. The summed E-state index contributed by atoms with van der Waals surface area (Å²) in [7, 11) is -3.88. The van der Waals surface area contributed by atoms with Crippen molar-refractivity contribution in [3.63, 3.8) is 0 Å². The van der Waals surface area contributed by atoms with Gasteiger partial charge in [0.2, 0.25) is 0 Å². The lowest BCUT2D eigenvalue weighted by Gasteiger charge is -2.23. The van der Waals surface area contributed by atoms with Crippen molar-refractivity contribution in [1.29, 1.82) is 0 Å². The Morgan fingerprint density at radius 3 is 1.91 bits per heavy atom. The molecule has 0 unspecified atom stereocenters. The number of hydrogen-bond acceptors (Lipinski definition) is 4. The van der Waals surface area contributed by atoms with Crippen LogP contribution in [0.1, 0.15) is 6.92 Å². The maximum Gasteiger partial charge on any atom is 0.275 e. The Balaban J connectivity index is 4.32. The first-order chi connectivity index (χ1) is 4.83. The van der Waals surface area contributed by atoms with Crippen LogP contribution in [-0.4, -0.2) is 37.4 Å². The van der Waals surface area contributed by atoms with Gasteiger partial charge >= 0.3 is 0 Å². The summed E-state index contributed by atoms with van der Waals surface area (Å²) in [5.74, 6) is 0. The van der Waals surface area contributed by atoms with Crippen molar-refractivity contribution in [2.45, 2.75) is 12.5 Å². The molecule has 0 saturated heterocycles. The topological polar surface area (TPSA) is 113 Å². The molecule has 11 heavy (non-hydrogen) atoms. The average molecular weight is 184 g/mol. The van der Waals surface area contributed by atoms with E-state index in [0.717, 1.165) is 0 Å². The lowest BCUT2D eigenvalue weighted by molar-refractivity contribution is 0.122. The highest BCUT2D eigenvalue weighted by Crippen LogP contribution is 2.00. The van der Waals surface area contributed by atoms with Crippen molar-refractivity contribution in [1.82, 2.24) is 4.72 Å². The molecule has 7 heteroatoms. The number of nitrogens with two attached hydrogens (primary N) is 1. The zero-order valence-electron chi connectivity index (χ0n) is 6.11. The molecule has 0 saturated carbocycles. The fourth-order valence-corrected chi connectivity index (χ4v) is 1.27. The summed E-state index contributed by atoms with van der Waals surface area (Å²) >= 11 is 0. The molecule has 5 N–H and O–H groups in total. The van der Waals surface area contributed by atoms with Gasteiger partial charge in [-0.2, -0.15) is 13.1 Å². The van der Waals surface area contributed by atoms with Crippen molar-refractivity contribution in [3.8, 4) is 0 Å². The van der Waals surface area contributed by atoms with Gasteiger partial charge in [-0.25, -0.2) is 5.14 Å². The van der Waals surface area contributed by atoms with E-state index in [1.165, 1.54) is 6.92 Å². The normalized spacial score (nSPS) is 13.5. The van der Waals surface area contributed by atoms with Crippen LogP contribution in [0.25, 0.3) is 0 Å². The average Bonchev–Trinajstić information content (AvgIpc) is 1.84. The van der Waals surface area contributed by atoms with Crippen LogP contribution in [0.2, 0.25) is 0 Å². The standard InChI is InChI=1S/C4H12N2O4S/c1-4(2-7,3-8)6-11(5,9)10/h6-8H,2-3H2,1H3,(H2,5,9,10). The van der Waals surface area contributed by atoms with Gasteiger partial charge in [0.1, 0.15) is 0 Å². The summed E-state index contributed by atoms with van der Waals surface area (Å²) in [4.78, 5) is 0. The Morgan fingerprint density at radius 2 is 1.82 bits per heavy atom. The fourth-order valence-electron chi connectivity index (χ4n) is 0.458. The van der Waals surface area contributed by atoms with Gasteiger partial charge < -0.3 is 10.2 Å². The number of nitrogens with one attached hydrogen (secondary N) is 1. The van der Waals surface area contributed by atoms with E-state index in [1.54, 1.807) is 0 Å². The maximum atomic E-state index is 10.4. The quantitative estimate of drug-likeness (QED) is 0.387. The monoisotopic (exact) mass is 184 g/mol. The Kier molecular flexibility index (Phi) is 3.39. The minimum atomic E-state index is -3.88. The van der Waals surface area contributed by atoms with Crippen molar-refractivity contribution in [2.24, 2.45) is 5.14 Å². The minimum Gasteiger partial charge on any atom is -0.394 e. The highest BCUT2D eigenvalue weighted by atomic mass is 32.2. The highest BCUT2D eigenvalue weighted by Gasteiger charge is 2.26. The number of rotatable bonds is 4. The van der Waals surface area contributed by atoms with Gasteiger partial charge in [-0.05, 0) is 6.92 Å². The van der Waals surface area contributed by atoms with E-state index in [9.17, 15) is 8.42 Å². The van der Waals surface area contributed by atoms with Crippen LogP contribution in [0, 0.1) is 0 Å². The van der Waals surface area contributed by atoms with E-state index < -0.39 is 29.0 Å². The van der Waals surface area contributed by atoms with E-state index in [0.29, 0.717) is 0 Å². The van der Waals surface area contributed by atoms with Gasteiger partial charge in [0.25, 0.3) is 10.2 Å².